The van der Waals surface area contributed by atoms with Crippen LogP contribution in [-0.2, 0) is 20.6 Å². The minimum absolute atomic E-state index is 0.142. The lowest BCUT2D eigenvalue weighted by Crippen LogP contribution is -2.37. The molecule has 1 aromatic carbocycles. The number of phenolic OH excluding ortho intramolecular Hbond substituents is 1. The van der Waals surface area contributed by atoms with Crippen molar-refractivity contribution < 1.29 is 5.11 Å². The number of phenols is 1. The molecular formula is C16H18N6O3. The molecule has 0 unspecified atom stereocenters. The third-order valence-electron chi connectivity index (χ3n) is 3.91. The zero-order valence-electron chi connectivity index (χ0n) is 14.1. The van der Waals surface area contributed by atoms with Gasteiger partial charge in [-0.2, -0.15) is 10.1 Å². The highest BCUT2D eigenvalue weighted by Crippen LogP contribution is 2.15. The maximum absolute atomic E-state index is 12.4. The molecule has 0 aliphatic heterocycles. The minimum atomic E-state index is -0.437. The van der Waals surface area contributed by atoms with Crippen LogP contribution in [0.5, 0.6) is 5.75 Å². The topological polar surface area (TPSA) is 106 Å². The van der Waals surface area contributed by atoms with Crippen molar-refractivity contribution in [2.24, 2.45) is 19.2 Å². The second-order valence-electron chi connectivity index (χ2n) is 5.52. The summed E-state index contributed by atoms with van der Waals surface area (Å²) in [7, 11) is 3.00. The van der Waals surface area contributed by atoms with Crippen LogP contribution < -0.4 is 16.7 Å². The van der Waals surface area contributed by atoms with Crippen molar-refractivity contribution in [3.63, 3.8) is 0 Å². The van der Waals surface area contributed by atoms with E-state index in [0.29, 0.717) is 29.2 Å². The summed E-state index contributed by atoms with van der Waals surface area (Å²) >= 11 is 0. The zero-order chi connectivity index (χ0) is 18.1. The Balaban J connectivity index is 2.05. The second-order valence-corrected chi connectivity index (χ2v) is 5.52. The Bertz CT molecular complexity index is 1090. The summed E-state index contributed by atoms with van der Waals surface area (Å²) in [6.07, 6.45) is 1.52. The van der Waals surface area contributed by atoms with Crippen molar-refractivity contribution in [3.05, 3.63) is 50.7 Å². The van der Waals surface area contributed by atoms with Gasteiger partial charge in [-0.25, -0.2) is 10.2 Å². The van der Waals surface area contributed by atoms with E-state index in [1.165, 1.54) is 17.8 Å². The number of hydrogen-bond donors (Lipinski definition) is 2. The molecule has 25 heavy (non-hydrogen) atoms. The molecule has 0 spiro atoms. The number of fused-ring (bicyclic) bond motifs is 1. The number of hydrogen-bond acceptors (Lipinski definition) is 6. The molecule has 3 rings (SSSR count). The third-order valence-corrected chi connectivity index (χ3v) is 3.91. The molecule has 9 nitrogen and oxygen atoms in total. The van der Waals surface area contributed by atoms with E-state index in [9.17, 15) is 14.7 Å². The summed E-state index contributed by atoms with van der Waals surface area (Å²) in [5, 5.41) is 13.5. The van der Waals surface area contributed by atoms with E-state index in [1.807, 2.05) is 6.92 Å². The van der Waals surface area contributed by atoms with Gasteiger partial charge in [0.25, 0.3) is 5.56 Å². The number of nitrogens with zero attached hydrogens (tertiary/aromatic N) is 5. The fraction of sp³-hybridized carbons (Fsp3) is 0.250. The van der Waals surface area contributed by atoms with E-state index in [4.69, 9.17) is 0 Å². The first-order valence-electron chi connectivity index (χ1n) is 7.68. The van der Waals surface area contributed by atoms with Crippen LogP contribution in [0.1, 0.15) is 12.5 Å². The molecule has 2 N–H and O–H groups in total. The van der Waals surface area contributed by atoms with E-state index < -0.39 is 11.2 Å². The molecule has 0 amide bonds. The Morgan fingerprint density at radius 1 is 1.28 bits per heavy atom. The van der Waals surface area contributed by atoms with E-state index in [-0.39, 0.29) is 5.75 Å². The molecule has 130 valence electrons. The number of nitrogens with one attached hydrogen (secondary N) is 1. The number of aromatic nitrogens is 4. The van der Waals surface area contributed by atoms with Gasteiger partial charge in [0, 0.05) is 20.6 Å². The largest absolute Gasteiger partial charge is 0.508 e. The Kier molecular flexibility index (Phi) is 4.14. The lowest BCUT2D eigenvalue weighted by molar-refractivity contribution is 0.475. The maximum atomic E-state index is 12.4. The van der Waals surface area contributed by atoms with Gasteiger partial charge in [0.05, 0.1) is 6.21 Å². The number of imidazole rings is 1. The average molecular weight is 342 g/mol. The predicted molar refractivity (Wildman–Crippen MR) is 95.2 cm³/mol. The van der Waals surface area contributed by atoms with Gasteiger partial charge in [0.2, 0.25) is 5.95 Å². The first-order valence-corrected chi connectivity index (χ1v) is 7.68. The highest BCUT2D eigenvalue weighted by atomic mass is 16.3. The molecule has 2 aromatic heterocycles. The molecule has 0 saturated carbocycles. The van der Waals surface area contributed by atoms with Crippen molar-refractivity contribution in [3.8, 4) is 5.75 Å². The first-order chi connectivity index (χ1) is 11.9. The van der Waals surface area contributed by atoms with Gasteiger partial charge in [0.15, 0.2) is 11.2 Å². The summed E-state index contributed by atoms with van der Waals surface area (Å²) < 4.78 is 4.04. The SMILES string of the molecule is CCn1c(NN=Cc2cccc(O)c2)nc2c1c(=O)n(C)c(=O)n2C. The van der Waals surface area contributed by atoms with Crippen LogP contribution in [0.2, 0.25) is 0 Å². The average Bonchev–Trinajstić information content (AvgIpc) is 2.97. The van der Waals surface area contributed by atoms with Crippen molar-refractivity contribution in [1.29, 1.82) is 0 Å². The predicted octanol–water partition coefficient (Wildman–Crippen LogP) is 0.605. The molecule has 0 bridgehead atoms. The fourth-order valence-electron chi connectivity index (χ4n) is 2.61. The number of aryl methyl sites for hydroxylation is 2. The lowest BCUT2D eigenvalue weighted by atomic mass is 10.2. The molecule has 0 aliphatic carbocycles. The van der Waals surface area contributed by atoms with Gasteiger partial charge in [-0.15, -0.1) is 0 Å². The summed E-state index contributed by atoms with van der Waals surface area (Å²) in [4.78, 5) is 28.8. The van der Waals surface area contributed by atoms with Crippen LogP contribution in [0.25, 0.3) is 11.2 Å². The summed E-state index contributed by atoms with van der Waals surface area (Å²) in [5.41, 5.74) is 3.28. The van der Waals surface area contributed by atoms with Crippen LogP contribution in [0, 0.1) is 0 Å². The standard InChI is InChI=1S/C16H18N6O3/c1-4-22-12-13(20(2)16(25)21(3)14(12)24)18-15(22)19-17-9-10-6-5-7-11(23)8-10/h5-9,23H,4H2,1-3H3,(H,18,19). The monoisotopic (exact) mass is 342 g/mol. The number of anilines is 1. The molecule has 0 fully saturated rings. The Hall–Kier alpha value is -3.36. The van der Waals surface area contributed by atoms with E-state index in [1.54, 1.807) is 35.9 Å². The van der Waals surface area contributed by atoms with Gasteiger partial charge >= 0.3 is 5.69 Å². The number of aromatic hydroxyl groups is 1. The van der Waals surface area contributed by atoms with Crippen LogP contribution >= 0.6 is 0 Å². The Labute approximate surface area is 142 Å². The van der Waals surface area contributed by atoms with Crippen LogP contribution in [0.15, 0.2) is 39.0 Å². The quantitative estimate of drug-likeness (QED) is 0.533. The zero-order valence-corrected chi connectivity index (χ0v) is 14.1. The Morgan fingerprint density at radius 3 is 2.72 bits per heavy atom. The third kappa shape index (κ3) is 2.80. The fourth-order valence-corrected chi connectivity index (χ4v) is 2.61. The molecule has 0 saturated heterocycles. The van der Waals surface area contributed by atoms with Crippen LogP contribution in [0.3, 0.4) is 0 Å². The summed E-state index contributed by atoms with van der Waals surface area (Å²) in [6.45, 7) is 2.35. The van der Waals surface area contributed by atoms with Crippen LogP contribution in [0.4, 0.5) is 5.95 Å². The first kappa shape index (κ1) is 16.5. The second kappa shape index (κ2) is 6.27. The van der Waals surface area contributed by atoms with Gasteiger partial charge < -0.3 is 9.67 Å². The number of hydrazone groups is 1. The molecule has 0 radical (unpaired) electrons. The summed E-state index contributed by atoms with van der Waals surface area (Å²) in [6, 6.07) is 6.62. The summed E-state index contributed by atoms with van der Waals surface area (Å²) in [5.74, 6) is 0.496. The van der Waals surface area contributed by atoms with Crippen molar-refractivity contribution in [2.75, 3.05) is 5.43 Å². The van der Waals surface area contributed by atoms with E-state index in [2.05, 4.69) is 15.5 Å². The lowest BCUT2D eigenvalue weighted by Gasteiger charge is -2.05. The van der Waals surface area contributed by atoms with Crippen LogP contribution in [-0.4, -0.2) is 30.0 Å². The highest BCUT2D eigenvalue weighted by Gasteiger charge is 2.17. The molecule has 9 heteroatoms. The minimum Gasteiger partial charge on any atom is -0.508 e. The van der Waals surface area contributed by atoms with E-state index >= 15 is 0 Å². The van der Waals surface area contributed by atoms with Gasteiger partial charge in [-0.1, -0.05) is 12.1 Å². The molecule has 0 atom stereocenters. The normalized spacial score (nSPS) is 11.5. The van der Waals surface area contributed by atoms with Gasteiger partial charge in [0.1, 0.15) is 5.75 Å². The smallest absolute Gasteiger partial charge is 0.332 e. The van der Waals surface area contributed by atoms with Crippen molar-refractivity contribution in [2.45, 2.75) is 13.5 Å². The molecule has 0 aliphatic rings. The highest BCUT2D eigenvalue weighted by molar-refractivity contribution is 5.81. The van der Waals surface area contributed by atoms with Gasteiger partial charge in [-0.05, 0) is 24.6 Å². The van der Waals surface area contributed by atoms with E-state index in [0.717, 1.165) is 4.57 Å². The number of rotatable bonds is 4. The molecule has 2 heterocycles. The Morgan fingerprint density at radius 2 is 2.04 bits per heavy atom. The molecule has 3 aromatic rings. The van der Waals surface area contributed by atoms with Crippen molar-refractivity contribution in [1.82, 2.24) is 18.7 Å². The molecular weight excluding hydrogens is 324 g/mol. The van der Waals surface area contributed by atoms with Gasteiger partial charge in [-0.3, -0.25) is 13.9 Å². The number of benzene rings is 1. The van der Waals surface area contributed by atoms with Crippen molar-refractivity contribution >= 4 is 23.3 Å². The maximum Gasteiger partial charge on any atom is 0.332 e.